The van der Waals surface area contributed by atoms with E-state index in [9.17, 15) is 4.79 Å². The van der Waals surface area contributed by atoms with Crippen molar-refractivity contribution in [3.8, 4) is 5.75 Å². The van der Waals surface area contributed by atoms with Gasteiger partial charge in [-0.2, -0.15) is 0 Å². The van der Waals surface area contributed by atoms with Gasteiger partial charge >= 0.3 is 5.63 Å². The van der Waals surface area contributed by atoms with Gasteiger partial charge in [-0.1, -0.05) is 82.8 Å². The first-order valence-corrected chi connectivity index (χ1v) is 11.6. The third-order valence-corrected chi connectivity index (χ3v) is 6.13. The Morgan fingerprint density at radius 2 is 1.74 bits per heavy atom. The number of rotatable bonds is 8. The molecule has 0 radical (unpaired) electrons. The number of unbranched alkanes of at least 4 members (excludes halogenated alkanes) is 3. The van der Waals surface area contributed by atoms with E-state index in [1.165, 1.54) is 18.4 Å². The van der Waals surface area contributed by atoms with Crippen LogP contribution in [0, 0.1) is 6.92 Å². The molecule has 0 bridgehead atoms. The third-order valence-electron chi connectivity index (χ3n) is 5.83. The van der Waals surface area contributed by atoms with E-state index in [1.54, 1.807) is 6.07 Å². The molecule has 31 heavy (non-hydrogen) atoms. The first-order chi connectivity index (χ1) is 14.7. The SMILES string of the molecule is CCCCCCc1c(C)c2cc(Cl)c(OCc3ccc(C(C)(C)C)cc3)cc2oc1=O. The van der Waals surface area contributed by atoms with Gasteiger partial charge in [-0.25, -0.2) is 4.79 Å². The van der Waals surface area contributed by atoms with Crippen LogP contribution >= 0.6 is 11.6 Å². The van der Waals surface area contributed by atoms with E-state index in [2.05, 4.69) is 52.0 Å². The smallest absolute Gasteiger partial charge is 0.339 e. The second-order valence-electron chi connectivity index (χ2n) is 9.32. The van der Waals surface area contributed by atoms with Crippen molar-refractivity contribution in [2.45, 2.75) is 78.7 Å². The number of benzene rings is 2. The average Bonchev–Trinajstić information content (AvgIpc) is 2.72. The highest BCUT2D eigenvalue weighted by atomic mass is 35.5. The molecular weight excluding hydrogens is 408 g/mol. The van der Waals surface area contributed by atoms with E-state index in [4.69, 9.17) is 20.8 Å². The van der Waals surface area contributed by atoms with Crippen LogP contribution in [0.1, 0.15) is 75.6 Å². The molecule has 166 valence electrons. The van der Waals surface area contributed by atoms with Crippen molar-refractivity contribution >= 4 is 22.6 Å². The summed E-state index contributed by atoms with van der Waals surface area (Å²) >= 11 is 6.52. The van der Waals surface area contributed by atoms with E-state index >= 15 is 0 Å². The normalized spacial score (nSPS) is 11.8. The van der Waals surface area contributed by atoms with Gasteiger partial charge in [0.05, 0.1) is 5.02 Å². The summed E-state index contributed by atoms with van der Waals surface area (Å²) < 4.78 is 11.6. The van der Waals surface area contributed by atoms with Gasteiger partial charge in [0.1, 0.15) is 17.9 Å². The van der Waals surface area contributed by atoms with Crippen molar-refractivity contribution in [1.82, 2.24) is 0 Å². The Labute approximate surface area is 190 Å². The molecule has 1 heterocycles. The maximum absolute atomic E-state index is 12.6. The van der Waals surface area contributed by atoms with Gasteiger partial charge in [0.2, 0.25) is 0 Å². The number of halogens is 1. The average molecular weight is 441 g/mol. The maximum Gasteiger partial charge on any atom is 0.339 e. The Balaban J connectivity index is 1.79. The highest BCUT2D eigenvalue weighted by Gasteiger charge is 2.15. The topological polar surface area (TPSA) is 39.4 Å². The highest BCUT2D eigenvalue weighted by Crippen LogP contribution is 2.33. The lowest BCUT2D eigenvalue weighted by Gasteiger charge is -2.19. The fourth-order valence-corrected chi connectivity index (χ4v) is 4.00. The largest absolute Gasteiger partial charge is 0.487 e. The van der Waals surface area contributed by atoms with E-state index in [0.29, 0.717) is 23.0 Å². The van der Waals surface area contributed by atoms with Gasteiger partial charge in [-0.05, 0) is 47.9 Å². The maximum atomic E-state index is 12.6. The summed E-state index contributed by atoms with van der Waals surface area (Å²) in [4.78, 5) is 12.6. The number of fused-ring (bicyclic) bond motifs is 1. The van der Waals surface area contributed by atoms with Gasteiger partial charge in [0, 0.05) is 17.0 Å². The molecule has 0 atom stereocenters. The van der Waals surface area contributed by atoms with Gasteiger partial charge in [0.25, 0.3) is 0 Å². The molecule has 0 fully saturated rings. The molecule has 3 aromatic rings. The summed E-state index contributed by atoms with van der Waals surface area (Å²) in [5.74, 6) is 0.521. The second-order valence-corrected chi connectivity index (χ2v) is 9.73. The summed E-state index contributed by atoms with van der Waals surface area (Å²) in [5.41, 5.74) is 4.42. The van der Waals surface area contributed by atoms with Crippen LogP contribution in [0.4, 0.5) is 0 Å². The van der Waals surface area contributed by atoms with E-state index in [-0.39, 0.29) is 11.0 Å². The molecule has 0 amide bonds. The molecule has 4 heteroatoms. The Bertz CT molecular complexity index is 1090. The van der Waals surface area contributed by atoms with Crippen LogP contribution in [0.2, 0.25) is 5.02 Å². The second kappa shape index (κ2) is 9.91. The minimum atomic E-state index is -0.257. The standard InChI is InChI=1S/C27H33ClO3/c1-6-7-8-9-10-21-18(2)22-15-23(28)25(16-24(22)31-26(21)29)30-17-19-11-13-20(14-12-19)27(3,4)5/h11-16H,6-10,17H2,1-5H3. The molecule has 0 unspecified atom stereocenters. The predicted octanol–water partition coefficient (Wildman–Crippen LogP) is 7.75. The fraction of sp³-hybridized carbons (Fsp3) is 0.444. The molecule has 0 aliphatic rings. The Morgan fingerprint density at radius 3 is 2.39 bits per heavy atom. The van der Waals surface area contributed by atoms with Crippen molar-refractivity contribution in [1.29, 1.82) is 0 Å². The summed E-state index contributed by atoms with van der Waals surface area (Å²) in [5, 5.41) is 1.39. The minimum absolute atomic E-state index is 0.116. The summed E-state index contributed by atoms with van der Waals surface area (Å²) in [6.07, 6.45) is 5.21. The molecule has 2 aromatic carbocycles. The molecule has 3 nitrogen and oxygen atoms in total. The van der Waals surface area contributed by atoms with Crippen molar-refractivity contribution in [3.63, 3.8) is 0 Å². The molecular formula is C27H33ClO3. The zero-order valence-corrected chi connectivity index (χ0v) is 20.1. The van der Waals surface area contributed by atoms with E-state index in [1.807, 2.05) is 13.0 Å². The minimum Gasteiger partial charge on any atom is -0.487 e. The predicted molar refractivity (Wildman–Crippen MR) is 130 cm³/mol. The monoisotopic (exact) mass is 440 g/mol. The lowest BCUT2D eigenvalue weighted by Crippen LogP contribution is -2.11. The molecule has 1 aromatic heterocycles. The molecule has 0 N–H and O–H groups in total. The van der Waals surface area contributed by atoms with Crippen LogP contribution in [-0.4, -0.2) is 0 Å². The fourth-order valence-electron chi connectivity index (χ4n) is 3.78. The van der Waals surface area contributed by atoms with Crippen molar-refractivity contribution in [2.24, 2.45) is 0 Å². The molecule has 3 rings (SSSR count). The summed E-state index contributed by atoms with van der Waals surface area (Å²) in [6.45, 7) is 11.1. The van der Waals surface area contributed by atoms with E-state index in [0.717, 1.165) is 41.3 Å². The van der Waals surface area contributed by atoms with Gasteiger partial charge < -0.3 is 9.15 Å². The van der Waals surface area contributed by atoms with Crippen LogP contribution < -0.4 is 10.4 Å². The number of hydrogen-bond acceptors (Lipinski definition) is 3. The third kappa shape index (κ3) is 5.71. The van der Waals surface area contributed by atoms with Crippen LogP contribution in [0.5, 0.6) is 5.75 Å². The molecule has 0 saturated carbocycles. The Hall–Kier alpha value is -2.26. The van der Waals surface area contributed by atoms with Crippen molar-refractivity contribution < 1.29 is 9.15 Å². The van der Waals surface area contributed by atoms with Gasteiger partial charge in [0.15, 0.2) is 0 Å². The van der Waals surface area contributed by atoms with Crippen LogP contribution in [0.15, 0.2) is 45.6 Å². The molecule has 0 saturated heterocycles. The highest BCUT2D eigenvalue weighted by molar-refractivity contribution is 6.32. The molecule has 0 aliphatic heterocycles. The summed E-state index contributed by atoms with van der Waals surface area (Å²) in [7, 11) is 0. The Morgan fingerprint density at radius 1 is 1.03 bits per heavy atom. The van der Waals surface area contributed by atoms with Crippen molar-refractivity contribution in [2.75, 3.05) is 0 Å². The molecule has 0 spiro atoms. The number of aryl methyl sites for hydroxylation is 1. The molecule has 0 aliphatic carbocycles. The van der Waals surface area contributed by atoms with Crippen LogP contribution in [0.3, 0.4) is 0 Å². The van der Waals surface area contributed by atoms with Gasteiger partial charge in [-0.3, -0.25) is 0 Å². The first kappa shape index (κ1) is 23.4. The van der Waals surface area contributed by atoms with Crippen LogP contribution in [-0.2, 0) is 18.4 Å². The summed E-state index contributed by atoms with van der Waals surface area (Å²) in [6, 6.07) is 12.0. The van der Waals surface area contributed by atoms with Crippen LogP contribution in [0.25, 0.3) is 11.0 Å². The van der Waals surface area contributed by atoms with Crippen molar-refractivity contribution in [3.05, 3.63) is 74.1 Å². The quantitative estimate of drug-likeness (QED) is 0.265. The number of hydrogen-bond donors (Lipinski definition) is 0. The lowest BCUT2D eigenvalue weighted by atomic mass is 9.87. The first-order valence-electron chi connectivity index (χ1n) is 11.2. The lowest BCUT2D eigenvalue weighted by molar-refractivity contribution is 0.306. The van der Waals surface area contributed by atoms with E-state index < -0.39 is 0 Å². The van der Waals surface area contributed by atoms with Gasteiger partial charge in [-0.15, -0.1) is 0 Å². The Kier molecular flexibility index (Phi) is 7.48. The zero-order valence-electron chi connectivity index (χ0n) is 19.3. The zero-order chi connectivity index (χ0) is 22.6. The number of ether oxygens (including phenoxy) is 1.